The highest BCUT2D eigenvalue weighted by molar-refractivity contribution is 7.88. The lowest BCUT2D eigenvalue weighted by atomic mass is 10.2. The minimum absolute atomic E-state index is 0.114. The van der Waals surface area contributed by atoms with E-state index in [0.717, 1.165) is 12.8 Å². The molecule has 1 aliphatic rings. The summed E-state index contributed by atoms with van der Waals surface area (Å²) < 4.78 is 26.0. The van der Waals surface area contributed by atoms with E-state index >= 15 is 0 Å². The molecule has 0 aliphatic heterocycles. The topological polar surface area (TPSA) is 46.2 Å². The second-order valence-corrected chi connectivity index (χ2v) is 6.48. The van der Waals surface area contributed by atoms with Crippen molar-refractivity contribution in [3.05, 3.63) is 33.8 Å². The molecule has 2 rings (SSSR count). The quantitative estimate of drug-likeness (QED) is 0.921. The van der Waals surface area contributed by atoms with Crippen molar-refractivity contribution in [1.82, 2.24) is 4.72 Å². The molecule has 0 unspecified atom stereocenters. The SMILES string of the molecule is O=S(=O)(Cc1cc(Cl)ccc1Cl)NC1CC1. The van der Waals surface area contributed by atoms with Crippen molar-refractivity contribution in [3.8, 4) is 0 Å². The highest BCUT2D eigenvalue weighted by atomic mass is 35.5. The van der Waals surface area contributed by atoms with Gasteiger partial charge in [-0.3, -0.25) is 0 Å². The predicted molar refractivity (Wildman–Crippen MR) is 65.2 cm³/mol. The Labute approximate surface area is 105 Å². The number of rotatable bonds is 4. The first-order chi connectivity index (χ1) is 7.46. The molecule has 0 atom stereocenters. The van der Waals surface area contributed by atoms with Gasteiger partial charge in [0.25, 0.3) is 0 Å². The molecule has 1 aromatic rings. The molecule has 1 fully saturated rings. The zero-order valence-electron chi connectivity index (χ0n) is 8.41. The van der Waals surface area contributed by atoms with Crippen molar-refractivity contribution in [1.29, 1.82) is 0 Å². The molecule has 0 spiro atoms. The lowest BCUT2D eigenvalue weighted by molar-refractivity contribution is 0.580. The molecule has 0 heterocycles. The molecular weight excluding hydrogens is 269 g/mol. The van der Waals surface area contributed by atoms with Gasteiger partial charge in [-0.25, -0.2) is 13.1 Å². The van der Waals surface area contributed by atoms with Crippen molar-refractivity contribution in [3.63, 3.8) is 0 Å². The standard InChI is InChI=1S/C10H11Cl2NO2S/c11-8-1-4-10(12)7(5-8)6-16(14,15)13-9-2-3-9/h1,4-5,9,13H,2-3,6H2. The average Bonchev–Trinajstić information content (AvgIpc) is 2.94. The second kappa shape index (κ2) is 4.53. The van der Waals surface area contributed by atoms with E-state index in [2.05, 4.69) is 4.72 Å². The first-order valence-electron chi connectivity index (χ1n) is 4.90. The third-order valence-corrected chi connectivity index (χ3v) is 4.26. The zero-order valence-corrected chi connectivity index (χ0v) is 10.7. The van der Waals surface area contributed by atoms with Crippen molar-refractivity contribution in [2.75, 3.05) is 0 Å². The van der Waals surface area contributed by atoms with E-state index in [1.807, 2.05) is 0 Å². The summed E-state index contributed by atoms with van der Waals surface area (Å²) in [5.41, 5.74) is 0.530. The Morgan fingerprint density at radius 1 is 1.31 bits per heavy atom. The van der Waals surface area contributed by atoms with Crippen molar-refractivity contribution in [2.45, 2.75) is 24.6 Å². The Morgan fingerprint density at radius 3 is 2.62 bits per heavy atom. The summed E-state index contributed by atoms with van der Waals surface area (Å²) in [5, 5.41) is 0.909. The fraction of sp³-hybridized carbons (Fsp3) is 0.400. The summed E-state index contributed by atoms with van der Waals surface area (Å²) in [6.45, 7) is 0. The van der Waals surface area contributed by atoms with Gasteiger partial charge in [-0.15, -0.1) is 0 Å². The van der Waals surface area contributed by atoms with Crippen LogP contribution in [0.2, 0.25) is 10.0 Å². The molecule has 6 heteroatoms. The van der Waals surface area contributed by atoms with Gasteiger partial charge < -0.3 is 0 Å². The van der Waals surface area contributed by atoms with Gasteiger partial charge >= 0.3 is 0 Å². The van der Waals surface area contributed by atoms with Gasteiger partial charge in [-0.1, -0.05) is 23.2 Å². The van der Waals surface area contributed by atoms with Crippen LogP contribution in [0.25, 0.3) is 0 Å². The first-order valence-corrected chi connectivity index (χ1v) is 7.31. The average molecular weight is 280 g/mol. The van der Waals surface area contributed by atoms with E-state index in [0.29, 0.717) is 15.6 Å². The summed E-state index contributed by atoms with van der Waals surface area (Å²) in [6, 6.07) is 4.93. The lowest BCUT2D eigenvalue weighted by Crippen LogP contribution is -2.27. The van der Waals surface area contributed by atoms with Crippen LogP contribution in [-0.2, 0) is 15.8 Å². The van der Waals surface area contributed by atoms with Gasteiger partial charge in [0.15, 0.2) is 0 Å². The predicted octanol–water partition coefficient (Wildman–Crippen LogP) is 2.58. The molecule has 1 aromatic carbocycles. The zero-order chi connectivity index (χ0) is 11.8. The lowest BCUT2D eigenvalue weighted by Gasteiger charge is -2.07. The molecule has 3 nitrogen and oxygen atoms in total. The highest BCUT2D eigenvalue weighted by Crippen LogP contribution is 2.24. The van der Waals surface area contributed by atoms with E-state index < -0.39 is 10.0 Å². The van der Waals surface area contributed by atoms with Gasteiger partial charge in [-0.2, -0.15) is 0 Å². The Bertz CT molecular complexity index is 498. The van der Waals surface area contributed by atoms with Crippen LogP contribution in [0.3, 0.4) is 0 Å². The largest absolute Gasteiger partial charge is 0.216 e. The molecule has 16 heavy (non-hydrogen) atoms. The number of nitrogens with one attached hydrogen (secondary N) is 1. The number of halogens is 2. The van der Waals surface area contributed by atoms with E-state index in [-0.39, 0.29) is 11.8 Å². The Balaban J connectivity index is 2.15. The Morgan fingerprint density at radius 2 is 2.00 bits per heavy atom. The first kappa shape index (κ1) is 12.2. The summed E-state index contributed by atoms with van der Waals surface area (Å²) in [4.78, 5) is 0. The van der Waals surface area contributed by atoms with E-state index in [4.69, 9.17) is 23.2 Å². The minimum atomic E-state index is -3.30. The van der Waals surface area contributed by atoms with Crippen molar-refractivity contribution < 1.29 is 8.42 Å². The molecule has 1 saturated carbocycles. The summed E-state index contributed by atoms with van der Waals surface area (Å²) in [7, 11) is -3.30. The maximum absolute atomic E-state index is 11.7. The molecule has 0 radical (unpaired) electrons. The van der Waals surface area contributed by atoms with Crippen LogP contribution < -0.4 is 4.72 Å². The summed E-state index contributed by atoms with van der Waals surface area (Å²) in [5.74, 6) is -0.122. The van der Waals surface area contributed by atoms with Gasteiger partial charge in [0.05, 0.1) is 5.75 Å². The van der Waals surface area contributed by atoms with E-state index in [1.54, 1.807) is 18.2 Å². The molecule has 88 valence electrons. The minimum Gasteiger partial charge on any atom is -0.212 e. The Hall–Kier alpha value is -0.290. The third kappa shape index (κ3) is 3.35. The maximum Gasteiger partial charge on any atom is 0.216 e. The molecular formula is C10H11Cl2NO2S. The smallest absolute Gasteiger partial charge is 0.212 e. The fourth-order valence-electron chi connectivity index (χ4n) is 1.36. The Kier molecular flexibility index (Phi) is 3.45. The van der Waals surface area contributed by atoms with Gasteiger partial charge in [-0.05, 0) is 36.6 Å². The normalized spacial score (nSPS) is 16.4. The van der Waals surface area contributed by atoms with Crippen LogP contribution in [0.4, 0.5) is 0 Å². The van der Waals surface area contributed by atoms with Crippen molar-refractivity contribution >= 4 is 33.2 Å². The van der Waals surface area contributed by atoms with Crippen LogP contribution in [-0.4, -0.2) is 14.5 Å². The van der Waals surface area contributed by atoms with Gasteiger partial charge in [0.2, 0.25) is 10.0 Å². The van der Waals surface area contributed by atoms with Crippen LogP contribution in [0.5, 0.6) is 0 Å². The van der Waals surface area contributed by atoms with Crippen LogP contribution in [0, 0.1) is 0 Å². The van der Waals surface area contributed by atoms with E-state index in [1.165, 1.54) is 0 Å². The van der Waals surface area contributed by atoms with E-state index in [9.17, 15) is 8.42 Å². The monoisotopic (exact) mass is 279 g/mol. The number of hydrogen-bond donors (Lipinski definition) is 1. The van der Waals surface area contributed by atoms with Gasteiger partial charge in [0, 0.05) is 16.1 Å². The van der Waals surface area contributed by atoms with Crippen molar-refractivity contribution in [2.24, 2.45) is 0 Å². The molecule has 1 aliphatic carbocycles. The third-order valence-electron chi connectivity index (χ3n) is 2.28. The van der Waals surface area contributed by atoms with Gasteiger partial charge in [0.1, 0.15) is 0 Å². The van der Waals surface area contributed by atoms with Crippen LogP contribution in [0.1, 0.15) is 18.4 Å². The van der Waals surface area contributed by atoms with Crippen LogP contribution in [0.15, 0.2) is 18.2 Å². The highest BCUT2D eigenvalue weighted by Gasteiger charge is 2.27. The number of hydrogen-bond acceptors (Lipinski definition) is 2. The summed E-state index contributed by atoms with van der Waals surface area (Å²) >= 11 is 11.7. The number of benzene rings is 1. The fourth-order valence-corrected chi connectivity index (χ4v) is 3.29. The maximum atomic E-state index is 11.7. The van der Waals surface area contributed by atoms with Crippen LogP contribution >= 0.6 is 23.2 Å². The second-order valence-electron chi connectivity index (χ2n) is 3.89. The molecule has 0 bridgehead atoms. The molecule has 0 amide bonds. The summed E-state index contributed by atoms with van der Waals surface area (Å²) in [6.07, 6.45) is 1.84. The molecule has 0 aromatic heterocycles. The molecule has 0 saturated heterocycles. The molecule has 1 N–H and O–H groups in total. The number of sulfonamides is 1.